The van der Waals surface area contributed by atoms with Crippen LogP contribution in [0, 0.1) is 5.92 Å². The monoisotopic (exact) mass is 188 g/mol. The van der Waals surface area contributed by atoms with E-state index in [1.54, 1.807) is 0 Å². The number of ether oxygens (including phenoxy) is 1. The van der Waals surface area contributed by atoms with E-state index in [1.807, 2.05) is 34.6 Å². The number of hydrogen-bond acceptors (Lipinski definition) is 2. The first kappa shape index (κ1) is 12.4. The highest BCUT2D eigenvalue weighted by Gasteiger charge is 2.25. The van der Waals surface area contributed by atoms with Crippen molar-refractivity contribution in [2.24, 2.45) is 5.92 Å². The highest BCUT2D eigenvalue weighted by Crippen LogP contribution is 2.16. The van der Waals surface area contributed by atoms with Crippen molar-refractivity contribution in [3.05, 3.63) is 0 Å². The highest BCUT2D eigenvalue weighted by atomic mass is 16.5. The lowest BCUT2D eigenvalue weighted by Crippen LogP contribution is -2.34. The normalized spacial score (nSPS) is 14.6. The van der Waals surface area contributed by atoms with E-state index in [0.717, 1.165) is 0 Å². The van der Waals surface area contributed by atoms with E-state index < -0.39 is 17.7 Å². The standard InChI is InChI=1S/C10H20O3/c1-7(2)6-8(9(11)12)13-10(3,4)5/h7-8H,6H2,1-5H3,(H,11,12). The molecule has 1 atom stereocenters. The van der Waals surface area contributed by atoms with Gasteiger partial charge in [0.1, 0.15) is 0 Å². The van der Waals surface area contributed by atoms with Crippen molar-refractivity contribution in [3.63, 3.8) is 0 Å². The van der Waals surface area contributed by atoms with Crippen LogP contribution in [-0.4, -0.2) is 22.8 Å². The Morgan fingerprint density at radius 2 is 1.85 bits per heavy atom. The SMILES string of the molecule is CC(C)CC(OC(C)(C)C)C(=O)O. The molecule has 0 fully saturated rings. The molecule has 0 aliphatic heterocycles. The lowest BCUT2D eigenvalue weighted by Gasteiger charge is -2.25. The van der Waals surface area contributed by atoms with Crippen LogP contribution in [0.1, 0.15) is 41.0 Å². The van der Waals surface area contributed by atoms with Gasteiger partial charge in [-0.15, -0.1) is 0 Å². The third kappa shape index (κ3) is 6.58. The summed E-state index contributed by atoms with van der Waals surface area (Å²) in [4.78, 5) is 10.8. The van der Waals surface area contributed by atoms with Crippen molar-refractivity contribution >= 4 is 5.97 Å². The lowest BCUT2D eigenvalue weighted by molar-refractivity contribution is -0.161. The molecule has 0 radical (unpaired) electrons. The first-order chi connectivity index (χ1) is 5.72. The minimum atomic E-state index is -0.872. The average molecular weight is 188 g/mol. The smallest absolute Gasteiger partial charge is 0.332 e. The number of hydrogen-bond donors (Lipinski definition) is 1. The topological polar surface area (TPSA) is 46.5 Å². The Balaban J connectivity index is 4.19. The first-order valence-corrected chi connectivity index (χ1v) is 4.63. The van der Waals surface area contributed by atoms with E-state index in [9.17, 15) is 4.79 Å². The zero-order valence-corrected chi connectivity index (χ0v) is 9.13. The summed E-state index contributed by atoms with van der Waals surface area (Å²) in [5.74, 6) is -0.535. The number of carboxylic acids is 1. The van der Waals surface area contributed by atoms with Crippen molar-refractivity contribution in [2.75, 3.05) is 0 Å². The Morgan fingerprint density at radius 3 is 2.08 bits per heavy atom. The molecule has 1 unspecified atom stereocenters. The predicted molar refractivity (Wildman–Crippen MR) is 51.7 cm³/mol. The fourth-order valence-corrected chi connectivity index (χ4v) is 1.05. The maximum Gasteiger partial charge on any atom is 0.332 e. The van der Waals surface area contributed by atoms with Gasteiger partial charge in [-0.3, -0.25) is 0 Å². The summed E-state index contributed by atoms with van der Waals surface area (Å²) >= 11 is 0. The summed E-state index contributed by atoms with van der Waals surface area (Å²) in [7, 11) is 0. The number of carbonyl (C=O) groups is 1. The first-order valence-electron chi connectivity index (χ1n) is 4.63. The van der Waals surface area contributed by atoms with Gasteiger partial charge in [0, 0.05) is 0 Å². The van der Waals surface area contributed by atoms with Crippen LogP contribution in [0.2, 0.25) is 0 Å². The lowest BCUT2D eigenvalue weighted by atomic mass is 10.0. The third-order valence-corrected chi connectivity index (χ3v) is 1.46. The van der Waals surface area contributed by atoms with E-state index in [2.05, 4.69) is 0 Å². The fraction of sp³-hybridized carbons (Fsp3) is 0.900. The van der Waals surface area contributed by atoms with Crippen molar-refractivity contribution in [3.8, 4) is 0 Å². The second kappa shape index (κ2) is 4.61. The van der Waals surface area contributed by atoms with Gasteiger partial charge in [-0.25, -0.2) is 4.79 Å². The van der Waals surface area contributed by atoms with Crippen molar-refractivity contribution in [1.29, 1.82) is 0 Å². The van der Waals surface area contributed by atoms with E-state index in [4.69, 9.17) is 9.84 Å². The molecule has 78 valence electrons. The summed E-state index contributed by atoms with van der Waals surface area (Å²) in [6.07, 6.45) is -0.118. The molecule has 0 aliphatic rings. The molecule has 0 spiro atoms. The maximum atomic E-state index is 10.8. The minimum Gasteiger partial charge on any atom is -0.479 e. The van der Waals surface area contributed by atoms with Gasteiger partial charge in [-0.1, -0.05) is 13.8 Å². The van der Waals surface area contributed by atoms with Crippen LogP contribution in [0.3, 0.4) is 0 Å². The van der Waals surface area contributed by atoms with Crippen molar-refractivity contribution in [2.45, 2.75) is 52.7 Å². The van der Waals surface area contributed by atoms with Crippen LogP contribution in [-0.2, 0) is 9.53 Å². The Bertz CT molecular complexity index is 167. The summed E-state index contributed by atoms with van der Waals surface area (Å²) in [5, 5.41) is 8.86. The molecule has 1 N–H and O–H groups in total. The summed E-state index contributed by atoms with van der Waals surface area (Å²) in [5.41, 5.74) is -0.391. The second-order valence-electron chi connectivity index (χ2n) is 4.69. The molecule has 13 heavy (non-hydrogen) atoms. The summed E-state index contributed by atoms with van der Waals surface area (Å²) in [6.45, 7) is 9.57. The van der Waals surface area contributed by atoms with Gasteiger partial charge >= 0.3 is 5.97 Å². The number of carboxylic acid groups (broad SMARTS) is 1. The molecule has 0 aromatic carbocycles. The van der Waals surface area contributed by atoms with Crippen LogP contribution in [0.4, 0.5) is 0 Å². The van der Waals surface area contributed by atoms with E-state index in [0.29, 0.717) is 12.3 Å². The molecule has 0 saturated carbocycles. The van der Waals surface area contributed by atoms with Gasteiger partial charge in [0.2, 0.25) is 0 Å². The highest BCUT2D eigenvalue weighted by molar-refractivity contribution is 5.72. The zero-order valence-electron chi connectivity index (χ0n) is 9.13. The molecule has 0 aromatic rings. The van der Waals surface area contributed by atoms with Gasteiger partial charge in [0.05, 0.1) is 5.60 Å². The van der Waals surface area contributed by atoms with Gasteiger partial charge in [-0.05, 0) is 33.1 Å². The van der Waals surface area contributed by atoms with Gasteiger partial charge in [0.25, 0.3) is 0 Å². The Morgan fingerprint density at radius 1 is 1.38 bits per heavy atom. The molecule has 0 aliphatic carbocycles. The Kier molecular flexibility index (Phi) is 4.40. The van der Waals surface area contributed by atoms with Gasteiger partial charge < -0.3 is 9.84 Å². The molecule has 0 heterocycles. The number of rotatable bonds is 4. The molecule has 0 amide bonds. The van der Waals surface area contributed by atoms with E-state index in [1.165, 1.54) is 0 Å². The van der Waals surface area contributed by atoms with Crippen LogP contribution in [0.25, 0.3) is 0 Å². The van der Waals surface area contributed by atoms with E-state index >= 15 is 0 Å². The van der Waals surface area contributed by atoms with Crippen LogP contribution in [0.5, 0.6) is 0 Å². The second-order valence-corrected chi connectivity index (χ2v) is 4.69. The molecular weight excluding hydrogens is 168 g/mol. The minimum absolute atomic E-state index is 0.337. The van der Waals surface area contributed by atoms with Crippen LogP contribution >= 0.6 is 0 Å². The summed E-state index contributed by atoms with van der Waals surface area (Å²) in [6, 6.07) is 0. The Hall–Kier alpha value is -0.570. The quantitative estimate of drug-likeness (QED) is 0.736. The Labute approximate surface area is 80.1 Å². The molecule has 0 aromatic heterocycles. The van der Waals surface area contributed by atoms with Crippen molar-refractivity contribution in [1.82, 2.24) is 0 Å². The van der Waals surface area contributed by atoms with Crippen LogP contribution in [0.15, 0.2) is 0 Å². The molecule has 0 saturated heterocycles. The van der Waals surface area contributed by atoms with Crippen LogP contribution < -0.4 is 0 Å². The third-order valence-electron chi connectivity index (χ3n) is 1.46. The molecular formula is C10H20O3. The molecule has 0 bridgehead atoms. The van der Waals surface area contributed by atoms with E-state index in [-0.39, 0.29) is 0 Å². The van der Waals surface area contributed by atoms with Gasteiger partial charge in [0.15, 0.2) is 6.10 Å². The fourth-order valence-electron chi connectivity index (χ4n) is 1.05. The average Bonchev–Trinajstić information content (AvgIpc) is 1.81. The predicted octanol–water partition coefficient (Wildman–Crippen LogP) is 2.30. The molecule has 3 heteroatoms. The zero-order chi connectivity index (χ0) is 10.6. The largest absolute Gasteiger partial charge is 0.479 e. The number of aliphatic carboxylic acids is 1. The van der Waals surface area contributed by atoms with Crippen molar-refractivity contribution < 1.29 is 14.6 Å². The summed E-state index contributed by atoms with van der Waals surface area (Å²) < 4.78 is 5.41. The molecule has 3 nitrogen and oxygen atoms in total. The van der Waals surface area contributed by atoms with Gasteiger partial charge in [-0.2, -0.15) is 0 Å². The maximum absolute atomic E-state index is 10.8. The molecule has 0 rings (SSSR count).